The molecule has 0 saturated heterocycles. The van der Waals surface area contributed by atoms with Gasteiger partial charge in [-0.05, 0) is 25.1 Å². The maximum atomic E-state index is 13.0. The van der Waals surface area contributed by atoms with Gasteiger partial charge in [0.1, 0.15) is 5.82 Å². The van der Waals surface area contributed by atoms with Gasteiger partial charge in [-0.1, -0.05) is 6.07 Å². The van der Waals surface area contributed by atoms with Crippen molar-refractivity contribution in [3.8, 4) is 0 Å². The van der Waals surface area contributed by atoms with E-state index in [-0.39, 0.29) is 19.0 Å². The number of rotatable bonds is 5. The smallest absolute Gasteiger partial charge is 0.319 e. The Kier molecular flexibility index (Phi) is 5.29. The molecule has 0 aliphatic rings. The van der Waals surface area contributed by atoms with Gasteiger partial charge in [-0.15, -0.1) is 0 Å². The SMILES string of the molecule is Cc1nn(C)cc1C(=O)NCCNC(=O)Nc1cccc(F)c1. The van der Waals surface area contributed by atoms with Gasteiger partial charge in [-0.2, -0.15) is 5.10 Å². The Morgan fingerprint density at radius 1 is 1.26 bits per heavy atom. The molecule has 0 unspecified atom stereocenters. The van der Waals surface area contributed by atoms with E-state index in [1.165, 1.54) is 18.2 Å². The van der Waals surface area contributed by atoms with Crippen molar-refractivity contribution < 1.29 is 14.0 Å². The summed E-state index contributed by atoms with van der Waals surface area (Å²) in [4.78, 5) is 23.5. The van der Waals surface area contributed by atoms with Crippen molar-refractivity contribution in [1.29, 1.82) is 0 Å². The number of carbonyl (C=O) groups excluding carboxylic acids is 2. The van der Waals surface area contributed by atoms with Crippen LogP contribution in [0.15, 0.2) is 30.5 Å². The first-order valence-electron chi connectivity index (χ1n) is 7.04. The molecule has 0 aliphatic heterocycles. The lowest BCUT2D eigenvalue weighted by Gasteiger charge is -2.08. The van der Waals surface area contributed by atoms with E-state index < -0.39 is 11.8 Å². The number of hydrogen-bond donors (Lipinski definition) is 3. The molecule has 1 aromatic carbocycles. The Labute approximate surface area is 132 Å². The number of carbonyl (C=O) groups is 2. The van der Waals surface area contributed by atoms with Crippen LogP contribution in [0.1, 0.15) is 16.1 Å². The maximum Gasteiger partial charge on any atom is 0.319 e. The van der Waals surface area contributed by atoms with Crippen LogP contribution in [-0.2, 0) is 7.05 Å². The number of hydrogen-bond acceptors (Lipinski definition) is 3. The van der Waals surface area contributed by atoms with Crippen LogP contribution in [0, 0.1) is 12.7 Å². The highest BCUT2D eigenvalue weighted by Crippen LogP contribution is 2.08. The van der Waals surface area contributed by atoms with Gasteiger partial charge in [0, 0.05) is 32.0 Å². The molecule has 23 heavy (non-hydrogen) atoms. The highest BCUT2D eigenvalue weighted by Gasteiger charge is 2.11. The van der Waals surface area contributed by atoms with E-state index in [1.807, 2.05) is 0 Å². The summed E-state index contributed by atoms with van der Waals surface area (Å²) in [5.41, 5.74) is 1.50. The number of aromatic nitrogens is 2. The molecule has 0 bridgehead atoms. The average molecular weight is 319 g/mol. The van der Waals surface area contributed by atoms with Crippen LogP contribution < -0.4 is 16.0 Å². The molecule has 8 heteroatoms. The Morgan fingerprint density at radius 3 is 2.65 bits per heavy atom. The van der Waals surface area contributed by atoms with Gasteiger partial charge in [-0.25, -0.2) is 9.18 Å². The van der Waals surface area contributed by atoms with E-state index in [4.69, 9.17) is 0 Å². The first kappa shape index (κ1) is 16.5. The molecule has 1 aromatic heterocycles. The second-order valence-electron chi connectivity index (χ2n) is 4.95. The fourth-order valence-electron chi connectivity index (χ4n) is 2.01. The van der Waals surface area contributed by atoms with Crippen LogP contribution in [0.25, 0.3) is 0 Å². The van der Waals surface area contributed by atoms with Crippen LogP contribution in [0.4, 0.5) is 14.9 Å². The number of halogens is 1. The first-order chi connectivity index (χ1) is 11.0. The molecule has 0 atom stereocenters. The zero-order chi connectivity index (χ0) is 16.8. The molecule has 0 aliphatic carbocycles. The van der Waals surface area contributed by atoms with Gasteiger partial charge < -0.3 is 16.0 Å². The summed E-state index contributed by atoms with van der Waals surface area (Å²) in [5.74, 6) is -0.676. The third kappa shape index (κ3) is 4.80. The highest BCUT2D eigenvalue weighted by atomic mass is 19.1. The summed E-state index contributed by atoms with van der Waals surface area (Å²) in [7, 11) is 1.74. The van der Waals surface area contributed by atoms with Crippen molar-refractivity contribution in [2.45, 2.75) is 6.92 Å². The standard InChI is InChI=1S/C15H18FN5O2/c1-10-13(9-21(2)20-10)14(22)17-6-7-18-15(23)19-12-5-3-4-11(16)8-12/h3-5,8-9H,6-7H2,1-2H3,(H,17,22)(H2,18,19,23). The second kappa shape index (κ2) is 7.39. The Hall–Kier alpha value is -2.90. The van der Waals surface area contributed by atoms with Crippen LogP contribution in [0.2, 0.25) is 0 Å². The summed E-state index contributed by atoms with van der Waals surface area (Å²) in [6.07, 6.45) is 1.63. The van der Waals surface area contributed by atoms with Gasteiger partial charge in [0.2, 0.25) is 0 Å². The van der Waals surface area contributed by atoms with Crippen LogP contribution in [0.3, 0.4) is 0 Å². The highest BCUT2D eigenvalue weighted by molar-refractivity contribution is 5.95. The molecule has 0 saturated carbocycles. The fraction of sp³-hybridized carbons (Fsp3) is 0.267. The zero-order valence-electron chi connectivity index (χ0n) is 12.9. The molecule has 1 heterocycles. The van der Waals surface area contributed by atoms with Gasteiger partial charge in [-0.3, -0.25) is 9.48 Å². The van der Waals surface area contributed by atoms with Crippen molar-refractivity contribution in [2.75, 3.05) is 18.4 Å². The number of benzene rings is 1. The summed E-state index contributed by atoms with van der Waals surface area (Å²) in [6.45, 7) is 2.26. The Bertz CT molecular complexity index is 714. The summed E-state index contributed by atoms with van der Waals surface area (Å²) in [5, 5.41) is 11.8. The predicted molar refractivity (Wildman–Crippen MR) is 83.7 cm³/mol. The van der Waals surface area contributed by atoms with E-state index >= 15 is 0 Å². The third-order valence-corrected chi connectivity index (χ3v) is 3.04. The summed E-state index contributed by atoms with van der Waals surface area (Å²) >= 11 is 0. The lowest BCUT2D eigenvalue weighted by Crippen LogP contribution is -2.36. The van der Waals surface area contributed by atoms with Gasteiger partial charge in [0.15, 0.2) is 0 Å². The number of urea groups is 1. The Morgan fingerprint density at radius 2 is 2.00 bits per heavy atom. The van der Waals surface area contributed by atoms with E-state index in [1.54, 1.807) is 30.9 Å². The van der Waals surface area contributed by atoms with E-state index in [0.717, 1.165) is 0 Å². The quantitative estimate of drug-likeness (QED) is 0.728. The molecule has 0 radical (unpaired) electrons. The van der Waals surface area contributed by atoms with Crippen molar-refractivity contribution in [1.82, 2.24) is 20.4 Å². The van der Waals surface area contributed by atoms with Gasteiger partial charge >= 0.3 is 6.03 Å². The van der Waals surface area contributed by atoms with Crippen molar-refractivity contribution in [2.24, 2.45) is 7.05 Å². The second-order valence-corrected chi connectivity index (χ2v) is 4.95. The number of nitrogens with zero attached hydrogens (tertiary/aromatic N) is 2. The van der Waals surface area contributed by atoms with Gasteiger partial charge in [0.05, 0.1) is 11.3 Å². The molecule has 0 fully saturated rings. The fourth-order valence-corrected chi connectivity index (χ4v) is 2.01. The monoisotopic (exact) mass is 319 g/mol. The molecule has 3 N–H and O–H groups in total. The minimum Gasteiger partial charge on any atom is -0.350 e. The van der Waals surface area contributed by atoms with Crippen molar-refractivity contribution in [3.05, 3.63) is 47.5 Å². The largest absolute Gasteiger partial charge is 0.350 e. The molecular weight excluding hydrogens is 301 g/mol. The van der Waals surface area contributed by atoms with Crippen LogP contribution in [-0.4, -0.2) is 34.8 Å². The summed E-state index contributed by atoms with van der Waals surface area (Å²) < 4.78 is 14.5. The molecule has 2 aromatic rings. The lowest BCUT2D eigenvalue weighted by atomic mass is 10.2. The van der Waals surface area contributed by atoms with E-state index in [0.29, 0.717) is 16.9 Å². The third-order valence-electron chi connectivity index (χ3n) is 3.04. The number of anilines is 1. The molecule has 122 valence electrons. The van der Waals surface area contributed by atoms with Crippen molar-refractivity contribution >= 4 is 17.6 Å². The normalized spacial score (nSPS) is 10.2. The molecule has 0 spiro atoms. The minimum atomic E-state index is -0.470. The number of nitrogens with one attached hydrogen (secondary N) is 3. The lowest BCUT2D eigenvalue weighted by molar-refractivity contribution is 0.0953. The van der Waals surface area contributed by atoms with Crippen molar-refractivity contribution in [3.63, 3.8) is 0 Å². The number of aryl methyl sites for hydroxylation is 2. The Balaban J connectivity index is 1.72. The molecule has 3 amide bonds. The first-order valence-corrected chi connectivity index (χ1v) is 7.04. The van der Waals surface area contributed by atoms with Crippen LogP contribution >= 0.6 is 0 Å². The topological polar surface area (TPSA) is 88.1 Å². The zero-order valence-corrected chi connectivity index (χ0v) is 12.9. The molecule has 7 nitrogen and oxygen atoms in total. The van der Waals surface area contributed by atoms with Crippen LogP contribution in [0.5, 0.6) is 0 Å². The van der Waals surface area contributed by atoms with Gasteiger partial charge in [0.25, 0.3) is 5.91 Å². The summed E-state index contributed by atoms with van der Waals surface area (Å²) in [6, 6.07) is 5.12. The van der Waals surface area contributed by atoms with E-state index in [9.17, 15) is 14.0 Å². The van der Waals surface area contributed by atoms with E-state index in [2.05, 4.69) is 21.0 Å². The maximum absolute atomic E-state index is 13.0. The average Bonchev–Trinajstić information content (AvgIpc) is 2.82. The molecular formula is C15H18FN5O2. The minimum absolute atomic E-state index is 0.242. The number of amides is 3. The molecule has 2 rings (SSSR count). The predicted octanol–water partition coefficient (Wildman–Crippen LogP) is 1.42.